The number of ether oxygens (including phenoxy) is 1. The van der Waals surface area contributed by atoms with Crippen molar-refractivity contribution in [3.05, 3.63) is 71.0 Å². The molecule has 1 fully saturated rings. The van der Waals surface area contributed by atoms with Gasteiger partial charge in [-0.3, -0.25) is 9.59 Å². The number of benzene rings is 2. The second-order valence-electron chi connectivity index (χ2n) is 8.03. The lowest BCUT2D eigenvalue weighted by molar-refractivity contribution is -0.141. The first-order valence-corrected chi connectivity index (χ1v) is 10.7. The van der Waals surface area contributed by atoms with Crippen LogP contribution in [-0.2, 0) is 9.53 Å². The minimum atomic E-state index is -1.08. The molecule has 4 rings (SSSR count). The summed E-state index contributed by atoms with van der Waals surface area (Å²) in [6, 6.07) is 11.3. The van der Waals surface area contributed by atoms with Crippen molar-refractivity contribution in [2.75, 3.05) is 19.7 Å². The van der Waals surface area contributed by atoms with Gasteiger partial charge < -0.3 is 19.6 Å². The molecule has 2 atom stereocenters. The summed E-state index contributed by atoms with van der Waals surface area (Å²) in [6.07, 6.45) is 0.557. The Balaban J connectivity index is 1.74. The van der Waals surface area contributed by atoms with E-state index >= 15 is 0 Å². The Morgan fingerprint density at radius 1 is 1.12 bits per heavy atom. The predicted octanol–water partition coefficient (Wildman–Crippen LogP) is 3.81. The van der Waals surface area contributed by atoms with Crippen LogP contribution in [0.5, 0.6) is 0 Å². The molecule has 8 heteroatoms. The summed E-state index contributed by atoms with van der Waals surface area (Å²) in [5, 5.41) is 10.2. The van der Waals surface area contributed by atoms with Crippen molar-refractivity contribution in [1.82, 2.24) is 9.80 Å². The van der Waals surface area contributed by atoms with Gasteiger partial charge in [-0.15, -0.1) is 0 Å². The highest BCUT2D eigenvalue weighted by atomic mass is 19.1. The van der Waals surface area contributed by atoms with Crippen molar-refractivity contribution >= 4 is 18.0 Å². The molecule has 0 saturated carbocycles. The number of hydrogen-bond acceptors (Lipinski definition) is 4. The molecule has 32 heavy (non-hydrogen) atoms. The van der Waals surface area contributed by atoms with Gasteiger partial charge in [-0.25, -0.2) is 9.18 Å². The van der Waals surface area contributed by atoms with Crippen molar-refractivity contribution in [2.45, 2.75) is 37.8 Å². The second kappa shape index (κ2) is 8.98. The van der Waals surface area contributed by atoms with E-state index in [4.69, 9.17) is 4.74 Å². The quantitative estimate of drug-likeness (QED) is 0.781. The zero-order valence-electron chi connectivity index (χ0n) is 17.7. The van der Waals surface area contributed by atoms with Gasteiger partial charge in [0.25, 0.3) is 5.91 Å². The number of piperidine rings is 1. The molecular formula is C24H25FN2O5. The van der Waals surface area contributed by atoms with Crippen molar-refractivity contribution in [3.63, 3.8) is 0 Å². The Bertz CT molecular complexity index is 1030. The Labute approximate surface area is 185 Å². The van der Waals surface area contributed by atoms with Crippen LogP contribution in [0.3, 0.4) is 0 Å². The highest BCUT2D eigenvalue weighted by Gasteiger charge is 2.47. The third-order valence-electron chi connectivity index (χ3n) is 6.22. The van der Waals surface area contributed by atoms with Crippen LogP contribution in [0.2, 0.25) is 0 Å². The number of likely N-dealkylation sites (tertiary alicyclic amines) is 1. The second-order valence-corrected chi connectivity index (χ2v) is 8.03. The van der Waals surface area contributed by atoms with Gasteiger partial charge in [0.05, 0.1) is 12.6 Å². The molecule has 2 heterocycles. The number of nitrogens with zero attached hydrogens (tertiary/aromatic N) is 2. The smallest absolute Gasteiger partial charge is 0.409 e. The van der Waals surface area contributed by atoms with E-state index < -0.39 is 29.8 Å². The van der Waals surface area contributed by atoms with Gasteiger partial charge in [-0.1, -0.05) is 30.3 Å². The Hall–Kier alpha value is -3.42. The Morgan fingerprint density at radius 2 is 1.84 bits per heavy atom. The SMILES string of the molecule is CCOC(=O)N1CCC(N2C(=O)c3ccccc3C(C(=O)O)C2c2cccc(F)c2)CC1. The van der Waals surface area contributed by atoms with Crippen molar-refractivity contribution in [1.29, 1.82) is 0 Å². The van der Waals surface area contributed by atoms with E-state index in [-0.39, 0.29) is 18.6 Å². The third kappa shape index (κ3) is 3.92. The molecule has 2 aliphatic heterocycles. The van der Waals surface area contributed by atoms with Crippen molar-refractivity contribution < 1.29 is 28.6 Å². The lowest BCUT2D eigenvalue weighted by Gasteiger charge is -2.47. The average molecular weight is 440 g/mol. The maximum atomic E-state index is 14.1. The van der Waals surface area contributed by atoms with Crippen LogP contribution in [0.4, 0.5) is 9.18 Å². The molecule has 0 bridgehead atoms. The van der Waals surface area contributed by atoms with Crippen LogP contribution in [-0.4, -0.2) is 58.6 Å². The highest BCUT2D eigenvalue weighted by molar-refractivity contribution is 6.00. The highest BCUT2D eigenvalue weighted by Crippen LogP contribution is 2.45. The third-order valence-corrected chi connectivity index (χ3v) is 6.22. The number of halogens is 1. The number of hydrogen-bond donors (Lipinski definition) is 1. The number of aliphatic carboxylic acids is 1. The van der Waals surface area contributed by atoms with Gasteiger partial charge in [0.1, 0.15) is 11.7 Å². The molecule has 0 aromatic heterocycles. The summed E-state index contributed by atoms with van der Waals surface area (Å²) < 4.78 is 19.2. The molecule has 2 aromatic carbocycles. The number of carboxylic acid groups (broad SMARTS) is 1. The minimum absolute atomic E-state index is 0.276. The summed E-state index contributed by atoms with van der Waals surface area (Å²) in [5.74, 6) is -2.88. The summed E-state index contributed by atoms with van der Waals surface area (Å²) in [6.45, 7) is 2.80. The van der Waals surface area contributed by atoms with Crippen LogP contribution < -0.4 is 0 Å². The zero-order chi connectivity index (χ0) is 22.8. The summed E-state index contributed by atoms with van der Waals surface area (Å²) >= 11 is 0. The van der Waals surface area contributed by atoms with Crippen LogP contribution >= 0.6 is 0 Å². The van der Waals surface area contributed by atoms with E-state index in [1.807, 2.05) is 0 Å². The number of rotatable bonds is 4. The van der Waals surface area contributed by atoms with Crippen LogP contribution in [0.15, 0.2) is 48.5 Å². The molecule has 2 unspecified atom stereocenters. The summed E-state index contributed by atoms with van der Waals surface area (Å²) in [5.41, 5.74) is 1.22. The lowest BCUT2D eigenvalue weighted by atomic mass is 9.78. The monoisotopic (exact) mass is 440 g/mol. The van der Waals surface area contributed by atoms with E-state index in [1.54, 1.807) is 47.1 Å². The molecule has 2 aliphatic rings. The van der Waals surface area contributed by atoms with Crippen LogP contribution in [0, 0.1) is 5.82 Å². The topological polar surface area (TPSA) is 87.2 Å². The minimum Gasteiger partial charge on any atom is -0.481 e. The molecule has 2 amide bonds. The van der Waals surface area contributed by atoms with E-state index in [0.717, 1.165) is 0 Å². The van der Waals surface area contributed by atoms with E-state index in [0.29, 0.717) is 42.6 Å². The molecular weight excluding hydrogens is 415 g/mol. The molecule has 0 radical (unpaired) electrons. The van der Waals surface area contributed by atoms with E-state index in [1.165, 1.54) is 18.2 Å². The van der Waals surface area contributed by atoms with Gasteiger partial charge in [0.15, 0.2) is 0 Å². The fourth-order valence-corrected chi connectivity index (χ4v) is 4.81. The first-order valence-electron chi connectivity index (χ1n) is 10.7. The fourth-order valence-electron chi connectivity index (χ4n) is 4.81. The molecule has 1 N–H and O–H groups in total. The van der Waals surface area contributed by atoms with E-state index in [9.17, 15) is 23.9 Å². The molecule has 168 valence electrons. The number of carbonyl (C=O) groups is 3. The van der Waals surface area contributed by atoms with Gasteiger partial charge in [0.2, 0.25) is 0 Å². The molecule has 0 spiro atoms. The van der Waals surface area contributed by atoms with E-state index in [2.05, 4.69) is 0 Å². The van der Waals surface area contributed by atoms with Gasteiger partial charge in [-0.2, -0.15) is 0 Å². The summed E-state index contributed by atoms with van der Waals surface area (Å²) in [4.78, 5) is 41.3. The Kier molecular flexibility index (Phi) is 6.12. The van der Waals surface area contributed by atoms with Crippen LogP contribution in [0.1, 0.15) is 53.2 Å². The molecule has 2 aromatic rings. The van der Waals surface area contributed by atoms with Crippen molar-refractivity contribution in [3.8, 4) is 0 Å². The van der Waals surface area contributed by atoms with Gasteiger partial charge >= 0.3 is 12.1 Å². The first kappa shape index (κ1) is 21.8. The lowest BCUT2D eigenvalue weighted by Crippen LogP contribution is -2.54. The largest absolute Gasteiger partial charge is 0.481 e. The maximum absolute atomic E-state index is 14.1. The summed E-state index contributed by atoms with van der Waals surface area (Å²) in [7, 11) is 0. The molecule has 7 nitrogen and oxygen atoms in total. The average Bonchev–Trinajstić information content (AvgIpc) is 2.79. The van der Waals surface area contributed by atoms with Crippen LogP contribution in [0.25, 0.3) is 0 Å². The molecule has 0 aliphatic carbocycles. The standard InChI is InChI=1S/C24H25FN2O5/c1-2-32-24(31)26-12-10-17(11-13-26)27-21(15-6-5-7-16(25)14-15)20(23(29)30)18-8-3-4-9-19(18)22(27)28/h3-9,14,17,20-21H,2,10-13H2,1H3,(H,29,30). The van der Waals surface area contributed by atoms with Crippen molar-refractivity contribution in [2.24, 2.45) is 0 Å². The maximum Gasteiger partial charge on any atom is 0.409 e. The van der Waals surface area contributed by atoms with Gasteiger partial charge in [-0.05, 0) is 49.1 Å². The number of fused-ring (bicyclic) bond motifs is 1. The number of carboxylic acids is 1. The zero-order valence-corrected chi connectivity index (χ0v) is 17.7. The molecule has 1 saturated heterocycles. The number of amides is 2. The fraction of sp³-hybridized carbons (Fsp3) is 0.375. The normalized spacial score (nSPS) is 21.2. The van der Waals surface area contributed by atoms with Gasteiger partial charge in [0, 0.05) is 24.7 Å². The number of carbonyl (C=O) groups excluding carboxylic acids is 2. The first-order chi connectivity index (χ1) is 15.4. The predicted molar refractivity (Wildman–Crippen MR) is 114 cm³/mol. The Morgan fingerprint density at radius 3 is 2.50 bits per heavy atom.